The van der Waals surface area contributed by atoms with Crippen molar-refractivity contribution >= 4 is 6.41 Å². The zero-order valence-corrected chi connectivity index (χ0v) is 7.08. The van der Waals surface area contributed by atoms with Crippen molar-refractivity contribution in [2.75, 3.05) is 0 Å². The average Bonchev–Trinajstić information content (AvgIpc) is 2.14. The van der Waals surface area contributed by atoms with Crippen LogP contribution >= 0.6 is 0 Å². The molecule has 0 atom stereocenters. The number of alkyl halides is 3. The van der Waals surface area contributed by atoms with E-state index in [4.69, 9.17) is 0 Å². The fraction of sp³-hybridized carbons (Fsp3) is 0.222. The Hall–Kier alpha value is -1.52. The van der Waals surface area contributed by atoms with Gasteiger partial charge in [-0.1, -0.05) is 30.3 Å². The number of nitrogens with zero attached hydrogens (tertiary/aromatic N) is 1. The molecule has 0 aliphatic carbocycles. The zero-order chi connectivity index (χ0) is 10.6. The van der Waals surface area contributed by atoms with Gasteiger partial charge in [0.05, 0.1) is 6.54 Å². The fourth-order valence-electron chi connectivity index (χ4n) is 0.940. The van der Waals surface area contributed by atoms with Crippen molar-refractivity contribution in [2.24, 2.45) is 0 Å². The van der Waals surface area contributed by atoms with Crippen LogP contribution in [0.2, 0.25) is 0 Å². The molecule has 5 heteroatoms. The maximum absolute atomic E-state index is 12.1. The minimum absolute atomic E-state index is 0.331. The third kappa shape index (κ3) is 2.76. The Bertz CT molecular complexity index is 297. The number of hydrogen-bond donors (Lipinski definition) is 0. The first kappa shape index (κ1) is 10.6. The first-order valence-corrected chi connectivity index (χ1v) is 3.80. The van der Waals surface area contributed by atoms with Crippen LogP contribution in [0.15, 0.2) is 30.3 Å². The molecule has 14 heavy (non-hydrogen) atoms. The molecule has 0 aliphatic heterocycles. The van der Waals surface area contributed by atoms with Crippen molar-refractivity contribution < 1.29 is 18.0 Å². The summed E-state index contributed by atoms with van der Waals surface area (Å²) in [5.41, 5.74) is 0.410. The lowest BCUT2D eigenvalue weighted by Crippen LogP contribution is -2.35. The molecule has 2 nitrogen and oxygen atoms in total. The number of amides is 1. The highest BCUT2D eigenvalue weighted by molar-refractivity contribution is 5.48. The number of halogens is 3. The van der Waals surface area contributed by atoms with Gasteiger partial charge in [0.15, 0.2) is 0 Å². The summed E-state index contributed by atoms with van der Waals surface area (Å²) in [7, 11) is 0. The minimum atomic E-state index is -4.67. The van der Waals surface area contributed by atoms with E-state index in [1.54, 1.807) is 18.2 Å². The van der Waals surface area contributed by atoms with Crippen LogP contribution in [0.4, 0.5) is 13.2 Å². The average molecular weight is 202 g/mol. The minimum Gasteiger partial charge on any atom is -0.263 e. The molecule has 1 amide bonds. The summed E-state index contributed by atoms with van der Waals surface area (Å²) in [4.78, 5) is 9.71. The predicted octanol–water partition coefficient (Wildman–Crippen LogP) is 2.08. The van der Waals surface area contributed by atoms with E-state index in [1.807, 2.05) is 0 Å². The molecular formula is C9H7F3NO. The standard InChI is InChI=1S/C9H7F3NO/c10-9(11,12)13(7-14)6-8-4-2-1-3-5-8/h1-5H,6H2. The SMILES string of the molecule is O=[C]N(Cc1ccccc1)C(F)(F)F. The quantitative estimate of drug-likeness (QED) is 0.542. The molecule has 75 valence electrons. The summed E-state index contributed by atoms with van der Waals surface area (Å²) in [6, 6.07) is 7.92. The highest BCUT2D eigenvalue weighted by Gasteiger charge is 2.36. The van der Waals surface area contributed by atoms with Gasteiger partial charge in [-0.3, -0.25) is 4.79 Å². The van der Waals surface area contributed by atoms with E-state index in [2.05, 4.69) is 0 Å². The Kier molecular flexibility index (Phi) is 3.11. The molecule has 0 unspecified atom stereocenters. The second kappa shape index (κ2) is 4.13. The van der Waals surface area contributed by atoms with Crippen molar-refractivity contribution in [2.45, 2.75) is 12.8 Å². The van der Waals surface area contributed by atoms with Gasteiger partial charge in [0, 0.05) is 0 Å². The Morgan fingerprint density at radius 3 is 2.21 bits per heavy atom. The molecular weight excluding hydrogens is 195 g/mol. The zero-order valence-electron chi connectivity index (χ0n) is 7.08. The van der Waals surface area contributed by atoms with Crippen LogP contribution in [-0.2, 0) is 11.3 Å². The normalized spacial score (nSPS) is 11.1. The van der Waals surface area contributed by atoms with Crippen LogP contribution in [0.1, 0.15) is 5.56 Å². The van der Waals surface area contributed by atoms with Crippen LogP contribution in [0, 0.1) is 0 Å². The maximum Gasteiger partial charge on any atom is 0.487 e. The second-order valence-electron chi connectivity index (χ2n) is 2.63. The molecule has 0 saturated carbocycles. The summed E-state index contributed by atoms with van der Waals surface area (Å²) in [6.07, 6.45) is -3.82. The highest BCUT2D eigenvalue weighted by Crippen LogP contribution is 2.21. The molecule has 0 saturated heterocycles. The molecule has 0 aliphatic rings. The Balaban J connectivity index is 2.72. The summed E-state index contributed by atoms with van der Waals surface area (Å²) in [5.74, 6) is 0. The van der Waals surface area contributed by atoms with E-state index in [0.717, 1.165) is 6.41 Å². The Labute approximate surface area is 78.9 Å². The molecule has 0 N–H and O–H groups in total. The lowest BCUT2D eigenvalue weighted by molar-refractivity contribution is -0.220. The van der Waals surface area contributed by atoms with Crippen LogP contribution in [0.5, 0.6) is 0 Å². The van der Waals surface area contributed by atoms with Gasteiger partial charge in [-0.15, -0.1) is 13.2 Å². The highest BCUT2D eigenvalue weighted by atomic mass is 19.4. The van der Waals surface area contributed by atoms with Gasteiger partial charge in [-0.25, -0.2) is 4.90 Å². The first-order chi connectivity index (χ1) is 6.54. The van der Waals surface area contributed by atoms with Crippen LogP contribution in [0.25, 0.3) is 0 Å². The monoisotopic (exact) mass is 202 g/mol. The predicted molar refractivity (Wildman–Crippen MR) is 43.7 cm³/mol. The summed E-state index contributed by atoms with van der Waals surface area (Å²) in [5, 5.41) is 0. The van der Waals surface area contributed by atoms with Crippen LogP contribution < -0.4 is 0 Å². The number of benzene rings is 1. The van der Waals surface area contributed by atoms with E-state index in [1.165, 1.54) is 12.1 Å². The lowest BCUT2D eigenvalue weighted by atomic mass is 10.2. The molecule has 0 spiro atoms. The van der Waals surface area contributed by atoms with Crippen molar-refractivity contribution in [3.63, 3.8) is 0 Å². The van der Waals surface area contributed by atoms with Gasteiger partial charge >= 0.3 is 12.7 Å². The molecule has 0 heterocycles. The molecule has 1 rings (SSSR count). The van der Waals surface area contributed by atoms with Gasteiger partial charge in [0.1, 0.15) is 0 Å². The van der Waals surface area contributed by atoms with Gasteiger partial charge in [0.2, 0.25) is 0 Å². The molecule has 0 fully saturated rings. The van der Waals surface area contributed by atoms with Gasteiger partial charge in [0.25, 0.3) is 0 Å². The van der Waals surface area contributed by atoms with Crippen molar-refractivity contribution in [3.8, 4) is 0 Å². The number of hydrogen-bond acceptors (Lipinski definition) is 1. The van der Waals surface area contributed by atoms with Crippen LogP contribution in [0.3, 0.4) is 0 Å². The van der Waals surface area contributed by atoms with E-state index >= 15 is 0 Å². The van der Waals surface area contributed by atoms with E-state index in [9.17, 15) is 18.0 Å². The fourth-order valence-corrected chi connectivity index (χ4v) is 0.940. The number of carbonyl (C=O) groups excluding carboxylic acids is 1. The third-order valence-electron chi connectivity index (χ3n) is 1.60. The molecule has 0 aromatic heterocycles. The summed E-state index contributed by atoms with van der Waals surface area (Å²) < 4.78 is 36.2. The largest absolute Gasteiger partial charge is 0.487 e. The molecule has 1 aromatic carbocycles. The lowest BCUT2D eigenvalue weighted by Gasteiger charge is -2.18. The van der Waals surface area contributed by atoms with Gasteiger partial charge < -0.3 is 0 Å². The summed E-state index contributed by atoms with van der Waals surface area (Å²) >= 11 is 0. The number of rotatable bonds is 3. The smallest absolute Gasteiger partial charge is 0.263 e. The van der Waals surface area contributed by atoms with Crippen molar-refractivity contribution in [1.82, 2.24) is 4.90 Å². The summed E-state index contributed by atoms with van der Waals surface area (Å²) in [6.45, 7) is -0.506. The van der Waals surface area contributed by atoms with E-state index in [0.29, 0.717) is 5.56 Å². The first-order valence-electron chi connectivity index (χ1n) is 3.80. The van der Waals surface area contributed by atoms with Gasteiger partial charge in [-0.2, -0.15) is 0 Å². The third-order valence-corrected chi connectivity index (χ3v) is 1.60. The molecule has 1 radical (unpaired) electrons. The topological polar surface area (TPSA) is 20.3 Å². The van der Waals surface area contributed by atoms with E-state index in [-0.39, 0.29) is 4.90 Å². The Morgan fingerprint density at radius 2 is 1.79 bits per heavy atom. The van der Waals surface area contributed by atoms with Crippen molar-refractivity contribution in [1.29, 1.82) is 0 Å². The molecule has 1 aromatic rings. The maximum atomic E-state index is 12.1. The molecule has 0 bridgehead atoms. The van der Waals surface area contributed by atoms with Gasteiger partial charge in [-0.05, 0) is 5.56 Å². The van der Waals surface area contributed by atoms with Crippen molar-refractivity contribution in [3.05, 3.63) is 35.9 Å². The van der Waals surface area contributed by atoms with Crippen LogP contribution in [-0.4, -0.2) is 17.6 Å². The Morgan fingerprint density at radius 1 is 1.21 bits per heavy atom. The second-order valence-corrected chi connectivity index (χ2v) is 2.63. The van der Waals surface area contributed by atoms with E-state index < -0.39 is 12.8 Å².